The van der Waals surface area contributed by atoms with Gasteiger partial charge in [-0.25, -0.2) is 4.79 Å². The summed E-state index contributed by atoms with van der Waals surface area (Å²) >= 11 is 0. The molecule has 0 bridgehead atoms. The second kappa shape index (κ2) is 5.75. The maximum absolute atomic E-state index is 11.4. The van der Waals surface area contributed by atoms with Crippen LogP contribution in [0.2, 0.25) is 0 Å². The number of hydrogen-bond donors (Lipinski definition) is 3. The third-order valence-corrected chi connectivity index (χ3v) is 2.03. The number of nitrogens with two attached hydrogens (primary N) is 1. The Balaban J connectivity index is 2.50. The molecule has 0 fully saturated rings. The van der Waals surface area contributed by atoms with E-state index in [0.717, 1.165) is 0 Å². The van der Waals surface area contributed by atoms with Crippen molar-refractivity contribution < 1.29 is 9.53 Å². The van der Waals surface area contributed by atoms with E-state index in [4.69, 9.17) is 15.9 Å². The Morgan fingerprint density at radius 1 is 1.50 bits per heavy atom. The number of benzene rings is 1. The zero-order valence-corrected chi connectivity index (χ0v) is 9.07. The van der Waals surface area contributed by atoms with Crippen LogP contribution in [0.1, 0.15) is 13.3 Å². The predicted molar refractivity (Wildman–Crippen MR) is 61.6 cm³/mol. The Morgan fingerprint density at radius 3 is 2.62 bits per heavy atom. The van der Waals surface area contributed by atoms with Gasteiger partial charge in [-0.15, -0.1) is 0 Å². The molecule has 1 amide bonds. The molecule has 0 aliphatic heterocycles. The Bertz CT molecular complexity index is 365. The second-order valence-electron chi connectivity index (χ2n) is 3.26. The lowest BCUT2D eigenvalue weighted by atomic mass is 10.2. The van der Waals surface area contributed by atoms with Crippen LogP contribution < -0.4 is 15.8 Å². The maximum atomic E-state index is 11.4. The number of nitrogens with one attached hydrogen (secondary N) is 2. The fourth-order valence-electron chi connectivity index (χ4n) is 1.17. The van der Waals surface area contributed by atoms with Gasteiger partial charge in [0.2, 0.25) is 0 Å². The minimum atomic E-state index is -0.603. The molecule has 0 saturated heterocycles. The number of carbonyl (C=O) groups is 1. The number of ether oxygens (including phenoxy) is 1. The quantitative estimate of drug-likeness (QED) is 0.531. The number of carbonyl (C=O) groups excluding carboxylic acids is 1. The maximum Gasteiger partial charge on any atom is 0.413 e. The molecule has 0 saturated carbocycles. The highest BCUT2D eigenvalue weighted by Gasteiger charge is 2.13. The monoisotopic (exact) mass is 221 g/mol. The topological polar surface area (TPSA) is 88.2 Å². The number of amides is 1. The van der Waals surface area contributed by atoms with E-state index in [0.29, 0.717) is 12.2 Å². The van der Waals surface area contributed by atoms with Gasteiger partial charge in [0.15, 0.2) is 0 Å². The fraction of sp³-hybridized carbons (Fsp3) is 0.273. The van der Waals surface area contributed by atoms with Crippen LogP contribution in [0.5, 0.6) is 5.75 Å². The van der Waals surface area contributed by atoms with Crippen LogP contribution >= 0.6 is 0 Å². The molecular weight excluding hydrogens is 206 g/mol. The van der Waals surface area contributed by atoms with Crippen molar-refractivity contribution in [3.05, 3.63) is 30.3 Å². The smallest absolute Gasteiger partial charge is 0.410 e. The average molecular weight is 221 g/mol. The van der Waals surface area contributed by atoms with Gasteiger partial charge in [0.1, 0.15) is 11.6 Å². The van der Waals surface area contributed by atoms with E-state index in [9.17, 15) is 4.79 Å². The molecular formula is C11H15N3O2. The SMILES string of the molecule is CCC(NC(=O)Oc1ccccc1)C(=N)N. The van der Waals surface area contributed by atoms with Crippen molar-refractivity contribution in [2.24, 2.45) is 5.73 Å². The largest absolute Gasteiger partial charge is 0.413 e. The minimum absolute atomic E-state index is 0.0764. The van der Waals surface area contributed by atoms with Gasteiger partial charge in [-0.2, -0.15) is 0 Å². The van der Waals surface area contributed by atoms with Gasteiger partial charge in [0.05, 0.1) is 6.04 Å². The normalized spacial score (nSPS) is 11.6. The van der Waals surface area contributed by atoms with Gasteiger partial charge in [0.25, 0.3) is 0 Å². The molecule has 86 valence electrons. The summed E-state index contributed by atoms with van der Waals surface area (Å²) in [4.78, 5) is 11.4. The lowest BCUT2D eigenvalue weighted by Crippen LogP contribution is -2.44. The van der Waals surface area contributed by atoms with E-state index >= 15 is 0 Å². The van der Waals surface area contributed by atoms with E-state index in [1.807, 2.05) is 13.0 Å². The number of amidine groups is 1. The molecule has 0 aliphatic rings. The number of rotatable bonds is 4. The zero-order valence-electron chi connectivity index (χ0n) is 9.07. The van der Waals surface area contributed by atoms with Crippen molar-refractivity contribution in [1.82, 2.24) is 5.32 Å². The summed E-state index contributed by atoms with van der Waals surface area (Å²) in [6.07, 6.45) is -0.0487. The first kappa shape index (κ1) is 12.0. The average Bonchev–Trinajstić information content (AvgIpc) is 2.27. The predicted octanol–water partition coefficient (Wildman–Crippen LogP) is 1.49. The van der Waals surface area contributed by atoms with Gasteiger partial charge in [0, 0.05) is 0 Å². The Labute approximate surface area is 94.1 Å². The molecule has 1 unspecified atom stereocenters. The van der Waals surface area contributed by atoms with E-state index < -0.39 is 12.1 Å². The van der Waals surface area contributed by atoms with Crippen molar-refractivity contribution >= 4 is 11.9 Å². The van der Waals surface area contributed by atoms with Crippen LogP contribution in [-0.2, 0) is 0 Å². The molecule has 1 atom stereocenters. The zero-order chi connectivity index (χ0) is 12.0. The van der Waals surface area contributed by atoms with Crippen LogP contribution in [0.15, 0.2) is 30.3 Å². The third-order valence-electron chi connectivity index (χ3n) is 2.03. The molecule has 0 heterocycles. The molecule has 16 heavy (non-hydrogen) atoms. The summed E-state index contributed by atoms with van der Waals surface area (Å²) in [7, 11) is 0. The van der Waals surface area contributed by atoms with Gasteiger partial charge in [-0.3, -0.25) is 5.41 Å². The highest BCUT2D eigenvalue weighted by Crippen LogP contribution is 2.08. The Hall–Kier alpha value is -2.04. The highest BCUT2D eigenvalue weighted by atomic mass is 16.6. The summed E-state index contributed by atoms with van der Waals surface area (Å²) in [6, 6.07) is 8.24. The van der Waals surface area contributed by atoms with Crippen LogP contribution in [0.4, 0.5) is 4.79 Å². The van der Waals surface area contributed by atoms with Crippen molar-refractivity contribution in [1.29, 1.82) is 5.41 Å². The second-order valence-corrected chi connectivity index (χ2v) is 3.26. The Morgan fingerprint density at radius 2 is 2.12 bits per heavy atom. The van der Waals surface area contributed by atoms with Crippen LogP contribution in [0.3, 0.4) is 0 Å². The third kappa shape index (κ3) is 3.61. The summed E-state index contributed by atoms with van der Waals surface area (Å²) in [6.45, 7) is 1.83. The molecule has 1 rings (SSSR count). The number of para-hydroxylation sites is 1. The summed E-state index contributed by atoms with van der Waals surface area (Å²) in [5.74, 6) is 0.380. The first-order valence-corrected chi connectivity index (χ1v) is 5.00. The van der Waals surface area contributed by atoms with Crippen LogP contribution in [-0.4, -0.2) is 18.0 Å². The lowest BCUT2D eigenvalue weighted by molar-refractivity contribution is 0.198. The van der Waals surface area contributed by atoms with E-state index in [1.54, 1.807) is 24.3 Å². The van der Waals surface area contributed by atoms with Crippen molar-refractivity contribution in [2.75, 3.05) is 0 Å². The summed E-state index contributed by atoms with van der Waals surface area (Å²) in [5.41, 5.74) is 5.30. The minimum Gasteiger partial charge on any atom is -0.410 e. The molecule has 0 radical (unpaired) electrons. The van der Waals surface area contributed by atoms with Gasteiger partial charge in [-0.05, 0) is 18.6 Å². The molecule has 5 heteroatoms. The van der Waals surface area contributed by atoms with Crippen LogP contribution in [0, 0.1) is 5.41 Å². The summed E-state index contributed by atoms with van der Waals surface area (Å²) < 4.78 is 4.99. The first-order chi connectivity index (χ1) is 7.63. The number of hydrogen-bond acceptors (Lipinski definition) is 3. The first-order valence-electron chi connectivity index (χ1n) is 5.00. The molecule has 1 aromatic carbocycles. The van der Waals surface area contributed by atoms with Crippen LogP contribution in [0.25, 0.3) is 0 Å². The van der Waals surface area contributed by atoms with E-state index in [2.05, 4.69) is 5.32 Å². The van der Waals surface area contributed by atoms with Gasteiger partial charge < -0.3 is 15.8 Å². The molecule has 0 aromatic heterocycles. The standard InChI is InChI=1S/C11H15N3O2/c1-2-9(10(12)13)14-11(15)16-8-6-4-3-5-7-8/h3-7,9H,2H2,1H3,(H3,12,13)(H,14,15). The molecule has 4 N–H and O–H groups in total. The van der Waals surface area contributed by atoms with Gasteiger partial charge in [-0.1, -0.05) is 25.1 Å². The lowest BCUT2D eigenvalue weighted by Gasteiger charge is -2.14. The molecule has 1 aromatic rings. The van der Waals surface area contributed by atoms with Crippen molar-refractivity contribution in [3.8, 4) is 5.75 Å². The van der Waals surface area contributed by atoms with Gasteiger partial charge >= 0.3 is 6.09 Å². The summed E-state index contributed by atoms with van der Waals surface area (Å²) in [5, 5.41) is 9.74. The molecule has 0 spiro atoms. The van der Waals surface area contributed by atoms with Crippen molar-refractivity contribution in [2.45, 2.75) is 19.4 Å². The van der Waals surface area contributed by atoms with Crippen molar-refractivity contribution in [3.63, 3.8) is 0 Å². The van der Waals surface area contributed by atoms with E-state index in [1.165, 1.54) is 0 Å². The highest BCUT2D eigenvalue weighted by molar-refractivity contribution is 5.86. The van der Waals surface area contributed by atoms with E-state index in [-0.39, 0.29) is 5.84 Å². The fourth-order valence-corrected chi connectivity index (χ4v) is 1.17. The molecule has 5 nitrogen and oxygen atoms in total. The molecule has 0 aliphatic carbocycles. The Kier molecular flexibility index (Phi) is 4.32.